The summed E-state index contributed by atoms with van der Waals surface area (Å²) < 4.78 is 5.54. The lowest BCUT2D eigenvalue weighted by Crippen LogP contribution is -2.36. The van der Waals surface area contributed by atoms with Crippen LogP contribution in [0, 0.1) is 6.92 Å². The molecule has 116 valence electrons. The Hall–Kier alpha value is -1.85. The molecule has 1 aromatic carbocycles. The summed E-state index contributed by atoms with van der Waals surface area (Å²) in [5.74, 6) is 0.804. The average molecular weight is 340 g/mol. The van der Waals surface area contributed by atoms with E-state index in [-0.39, 0.29) is 5.91 Å². The maximum Gasteiger partial charge on any atom is 0.261 e. The molecule has 2 aromatic rings. The van der Waals surface area contributed by atoms with E-state index in [1.54, 1.807) is 44.3 Å². The highest BCUT2D eigenvalue weighted by Crippen LogP contribution is 2.28. The van der Waals surface area contributed by atoms with E-state index in [1.165, 1.54) is 0 Å². The largest absolute Gasteiger partial charge is 0.479 e. The molecule has 0 fully saturated rings. The number of hydrogen-bond acceptors (Lipinski definition) is 4. The first kappa shape index (κ1) is 16.5. The van der Waals surface area contributed by atoms with Gasteiger partial charge in [0, 0.05) is 11.2 Å². The van der Waals surface area contributed by atoms with Crippen LogP contribution in [0.15, 0.2) is 30.5 Å². The second kappa shape index (κ2) is 7.42. The Kier molecular flexibility index (Phi) is 5.57. The average Bonchev–Trinajstić information content (AvgIpc) is 2.47. The summed E-state index contributed by atoms with van der Waals surface area (Å²) in [6.45, 7) is 3.75. The fourth-order valence-electron chi connectivity index (χ4n) is 1.74. The van der Waals surface area contributed by atoms with Crippen LogP contribution in [0.5, 0.6) is 5.75 Å². The number of halogens is 2. The fraction of sp³-hybridized carbons (Fsp3) is 0.267. The van der Waals surface area contributed by atoms with Crippen molar-refractivity contribution >= 4 is 29.1 Å². The highest BCUT2D eigenvalue weighted by Gasteiger charge is 2.16. The van der Waals surface area contributed by atoms with Crippen molar-refractivity contribution in [1.82, 2.24) is 15.3 Å². The molecule has 1 amide bonds. The summed E-state index contributed by atoms with van der Waals surface area (Å²) in [7, 11) is 0. The normalized spacial score (nSPS) is 11.8. The van der Waals surface area contributed by atoms with Crippen molar-refractivity contribution in [2.45, 2.75) is 26.5 Å². The second-order valence-electron chi connectivity index (χ2n) is 4.65. The van der Waals surface area contributed by atoms with Gasteiger partial charge in [0.1, 0.15) is 11.6 Å². The monoisotopic (exact) mass is 339 g/mol. The van der Waals surface area contributed by atoms with Crippen LogP contribution in [0.4, 0.5) is 0 Å². The molecule has 2 rings (SSSR count). The SMILES string of the molecule is Cc1nccc(CNC(=O)C(C)Oc2ccc(Cl)cc2Cl)n1. The van der Waals surface area contributed by atoms with Crippen molar-refractivity contribution < 1.29 is 9.53 Å². The number of carbonyl (C=O) groups is 1. The first-order valence-electron chi connectivity index (χ1n) is 6.63. The number of amides is 1. The zero-order chi connectivity index (χ0) is 16.1. The number of nitrogens with one attached hydrogen (secondary N) is 1. The number of aryl methyl sites for hydroxylation is 1. The highest BCUT2D eigenvalue weighted by molar-refractivity contribution is 6.35. The predicted octanol–water partition coefficient (Wildman–Crippen LogP) is 3.18. The van der Waals surface area contributed by atoms with Gasteiger partial charge in [-0.2, -0.15) is 0 Å². The van der Waals surface area contributed by atoms with Crippen molar-refractivity contribution in [3.05, 3.63) is 52.0 Å². The van der Waals surface area contributed by atoms with Crippen LogP contribution < -0.4 is 10.1 Å². The molecule has 0 aliphatic carbocycles. The Labute approximate surface area is 138 Å². The van der Waals surface area contributed by atoms with Gasteiger partial charge in [0.05, 0.1) is 17.3 Å². The molecule has 1 N–H and O–H groups in total. The number of hydrogen-bond donors (Lipinski definition) is 1. The fourth-order valence-corrected chi connectivity index (χ4v) is 2.19. The van der Waals surface area contributed by atoms with Gasteiger partial charge < -0.3 is 10.1 Å². The summed E-state index contributed by atoms with van der Waals surface area (Å²) >= 11 is 11.8. The van der Waals surface area contributed by atoms with Crippen LogP contribution in [-0.4, -0.2) is 22.0 Å². The van der Waals surface area contributed by atoms with Crippen LogP contribution in [0.3, 0.4) is 0 Å². The van der Waals surface area contributed by atoms with Crippen LogP contribution in [0.25, 0.3) is 0 Å². The highest BCUT2D eigenvalue weighted by atomic mass is 35.5. The van der Waals surface area contributed by atoms with Gasteiger partial charge in [-0.1, -0.05) is 23.2 Å². The molecule has 1 unspecified atom stereocenters. The Morgan fingerprint density at radius 3 is 2.82 bits per heavy atom. The third-order valence-corrected chi connectivity index (χ3v) is 3.37. The molecule has 0 radical (unpaired) electrons. The van der Waals surface area contributed by atoms with E-state index in [0.29, 0.717) is 28.2 Å². The lowest BCUT2D eigenvalue weighted by molar-refractivity contribution is -0.127. The maximum absolute atomic E-state index is 12.0. The summed E-state index contributed by atoms with van der Waals surface area (Å²) in [5.41, 5.74) is 0.734. The van der Waals surface area contributed by atoms with Crippen molar-refractivity contribution in [1.29, 1.82) is 0 Å². The molecule has 0 saturated carbocycles. The number of nitrogens with zero attached hydrogens (tertiary/aromatic N) is 2. The van der Waals surface area contributed by atoms with Crippen LogP contribution in [0.1, 0.15) is 18.4 Å². The molecule has 0 aliphatic rings. The van der Waals surface area contributed by atoms with E-state index in [0.717, 1.165) is 5.69 Å². The maximum atomic E-state index is 12.0. The van der Waals surface area contributed by atoms with E-state index in [2.05, 4.69) is 15.3 Å². The van der Waals surface area contributed by atoms with Crippen molar-refractivity contribution in [3.63, 3.8) is 0 Å². The number of rotatable bonds is 5. The summed E-state index contributed by atoms with van der Waals surface area (Å²) in [5, 5.41) is 3.62. The van der Waals surface area contributed by atoms with Crippen LogP contribution in [-0.2, 0) is 11.3 Å². The molecule has 0 spiro atoms. The molecule has 1 aromatic heterocycles. The topological polar surface area (TPSA) is 64.1 Å². The lowest BCUT2D eigenvalue weighted by Gasteiger charge is -2.15. The number of aromatic nitrogens is 2. The molecule has 0 bridgehead atoms. The Bertz CT molecular complexity index is 680. The van der Waals surface area contributed by atoms with Gasteiger partial charge in [0.25, 0.3) is 5.91 Å². The minimum absolute atomic E-state index is 0.262. The Morgan fingerprint density at radius 1 is 1.36 bits per heavy atom. The Balaban J connectivity index is 1.92. The molecule has 1 atom stereocenters. The zero-order valence-electron chi connectivity index (χ0n) is 12.1. The van der Waals surface area contributed by atoms with Crippen molar-refractivity contribution in [3.8, 4) is 5.75 Å². The molecule has 1 heterocycles. The Morgan fingerprint density at radius 2 is 2.14 bits per heavy atom. The molecule has 7 heteroatoms. The quantitative estimate of drug-likeness (QED) is 0.908. The first-order valence-corrected chi connectivity index (χ1v) is 7.39. The van der Waals surface area contributed by atoms with Gasteiger partial charge in [-0.25, -0.2) is 9.97 Å². The van der Waals surface area contributed by atoms with E-state index in [4.69, 9.17) is 27.9 Å². The zero-order valence-corrected chi connectivity index (χ0v) is 13.6. The van der Waals surface area contributed by atoms with Crippen LogP contribution >= 0.6 is 23.2 Å². The third-order valence-electron chi connectivity index (χ3n) is 2.84. The van der Waals surface area contributed by atoms with Gasteiger partial charge in [-0.3, -0.25) is 4.79 Å². The number of benzene rings is 1. The standard InChI is InChI=1S/C15H15Cl2N3O2/c1-9(22-14-4-3-11(16)7-13(14)17)15(21)19-8-12-5-6-18-10(2)20-12/h3-7,9H,8H2,1-2H3,(H,19,21). The smallest absolute Gasteiger partial charge is 0.261 e. The molecule has 0 saturated heterocycles. The molecular weight excluding hydrogens is 325 g/mol. The summed E-state index contributed by atoms with van der Waals surface area (Å²) in [4.78, 5) is 20.2. The molecule has 22 heavy (non-hydrogen) atoms. The molecular formula is C15H15Cl2N3O2. The van der Waals surface area contributed by atoms with E-state index in [9.17, 15) is 4.79 Å². The number of ether oxygens (including phenoxy) is 1. The lowest BCUT2D eigenvalue weighted by atomic mass is 10.3. The van der Waals surface area contributed by atoms with Crippen LogP contribution in [0.2, 0.25) is 10.0 Å². The van der Waals surface area contributed by atoms with Gasteiger partial charge in [-0.05, 0) is 38.1 Å². The van der Waals surface area contributed by atoms with E-state index < -0.39 is 6.10 Å². The van der Waals surface area contributed by atoms with Gasteiger partial charge >= 0.3 is 0 Å². The van der Waals surface area contributed by atoms with Crippen molar-refractivity contribution in [2.75, 3.05) is 0 Å². The minimum Gasteiger partial charge on any atom is -0.479 e. The van der Waals surface area contributed by atoms with Crippen molar-refractivity contribution in [2.24, 2.45) is 0 Å². The van der Waals surface area contributed by atoms with Gasteiger partial charge in [0.15, 0.2) is 6.10 Å². The summed E-state index contributed by atoms with van der Waals surface area (Å²) in [6.07, 6.45) is 0.957. The predicted molar refractivity (Wildman–Crippen MR) is 85.2 cm³/mol. The first-order chi connectivity index (χ1) is 10.5. The van der Waals surface area contributed by atoms with Gasteiger partial charge in [0.2, 0.25) is 0 Å². The summed E-state index contributed by atoms with van der Waals surface area (Å²) in [6, 6.07) is 6.58. The minimum atomic E-state index is -0.693. The van der Waals surface area contributed by atoms with Gasteiger partial charge in [-0.15, -0.1) is 0 Å². The van der Waals surface area contributed by atoms with E-state index in [1.807, 2.05) is 0 Å². The van der Waals surface area contributed by atoms with E-state index >= 15 is 0 Å². The molecule has 0 aliphatic heterocycles. The third kappa shape index (κ3) is 4.58. The second-order valence-corrected chi connectivity index (χ2v) is 5.49. The number of carbonyl (C=O) groups excluding carboxylic acids is 1. The molecule has 5 nitrogen and oxygen atoms in total.